The van der Waals surface area contributed by atoms with Crippen molar-refractivity contribution in [3.05, 3.63) is 87.6 Å². The summed E-state index contributed by atoms with van der Waals surface area (Å²) in [5, 5.41) is 0. The predicted molar refractivity (Wildman–Crippen MR) is 141 cm³/mol. The molecule has 1 aromatic carbocycles. The molecule has 0 unspecified atom stereocenters. The summed E-state index contributed by atoms with van der Waals surface area (Å²) in [4.78, 5) is 0. The van der Waals surface area contributed by atoms with Gasteiger partial charge >= 0.3 is 0 Å². The maximum Gasteiger partial charge on any atom is 0.0194 e. The molecule has 0 nitrogen and oxygen atoms in total. The highest BCUT2D eigenvalue weighted by Gasteiger charge is 2.59. The van der Waals surface area contributed by atoms with E-state index in [1.54, 1.807) is 5.56 Å². The SMILES string of the molecule is C=C(C)C1=C(C)C[C@@]2(C)C[C@@]3(C)Cc4c(C(C)C)ccc(C)c4C(=C)C3=C(C)[C@@]2(C)C1=C. The quantitative estimate of drug-likeness (QED) is 0.442. The van der Waals surface area contributed by atoms with Crippen LogP contribution in [0.3, 0.4) is 0 Å². The summed E-state index contributed by atoms with van der Waals surface area (Å²) in [6, 6.07) is 4.66. The number of benzene rings is 1. The van der Waals surface area contributed by atoms with E-state index in [1.807, 2.05) is 0 Å². The second kappa shape index (κ2) is 6.96. The standard InChI is InChI=1S/C32H42/c1-18(2)25-14-13-20(5)28-22(7)29-24(9)32(12)23(8)27(19(3)4)21(6)15-31(32,11)17-30(29,10)16-26(25)28/h13-14,18H,3,7-8,15-17H2,1-2,4-6,9-12H3/t30-,31+,32-/m1/s1. The third-order valence-electron chi connectivity index (χ3n) is 9.48. The van der Waals surface area contributed by atoms with Gasteiger partial charge in [-0.3, -0.25) is 0 Å². The van der Waals surface area contributed by atoms with Crippen LogP contribution in [0.15, 0.2) is 65.3 Å². The van der Waals surface area contributed by atoms with Gasteiger partial charge in [0.1, 0.15) is 0 Å². The lowest BCUT2D eigenvalue weighted by molar-refractivity contribution is 0.0543. The van der Waals surface area contributed by atoms with Crippen LogP contribution in [0.2, 0.25) is 0 Å². The Morgan fingerprint density at radius 3 is 2.19 bits per heavy atom. The highest BCUT2D eigenvalue weighted by Crippen LogP contribution is 2.70. The van der Waals surface area contributed by atoms with Crippen LogP contribution in [0.1, 0.15) is 96.4 Å². The molecule has 3 atom stereocenters. The van der Waals surface area contributed by atoms with Crippen LogP contribution in [0, 0.1) is 23.2 Å². The first-order valence-electron chi connectivity index (χ1n) is 12.3. The monoisotopic (exact) mass is 426 g/mol. The van der Waals surface area contributed by atoms with Gasteiger partial charge in [-0.2, -0.15) is 0 Å². The van der Waals surface area contributed by atoms with Gasteiger partial charge in [0, 0.05) is 5.41 Å². The number of hydrogen-bond acceptors (Lipinski definition) is 0. The molecule has 4 rings (SSSR count). The molecule has 0 fully saturated rings. The minimum Gasteiger partial charge on any atom is -0.0955 e. The molecule has 170 valence electrons. The lowest BCUT2D eigenvalue weighted by Gasteiger charge is -2.62. The molecule has 0 radical (unpaired) electrons. The molecule has 0 bridgehead atoms. The van der Waals surface area contributed by atoms with Gasteiger partial charge in [0.25, 0.3) is 0 Å². The second-order valence-electron chi connectivity index (χ2n) is 12.1. The zero-order chi connectivity index (χ0) is 24.0. The zero-order valence-corrected chi connectivity index (χ0v) is 22.0. The number of aryl methyl sites for hydroxylation is 1. The minimum atomic E-state index is -0.0837. The van der Waals surface area contributed by atoms with Crippen molar-refractivity contribution in [1.29, 1.82) is 0 Å². The molecule has 3 aliphatic carbocycles. The van der Waals surface area contributed by atoms with Crippen molar-refractivity contribution in [2.45, 2.75) is 87.5 Å². The highest BCUT2D eigenvalue weighted by molar-refractivity contribution is 5.87. The van der Waals surface area contributed by atoms with E-state index in [9.17, 15) is 0 Å². The van der Waals surface area contributed by atoms with E-state index < -0.39 is 0 Å². The average molecular weight is 427 g/mol. The molecule has 32 heavy (non-hydrogen) atoms. The van der Waals surface area contributed by atoms with Crippen molar-refractivity contribution in [2.75, 3.05) is 0 Å². The molecular formula is C32H42. The Kier molecular flexibility index (Phi) is 5.02. The van der Waals surface area contributed by atoms with Gasteiger partial charge in [0.05, 0.1) is 0 Å². The van der Waals surface area contributed by atoms with Crippen molar-refractivity contribution in [3.63, 3.8) is 0 Å². The Morgan fingerprint density at radius 2 is 1.62 bits per heavy atom. The van der Waals surface area contributed by atoms with E-state index in [0.29, 0.717) is 5.92 Å². The van der Waals surface area contributed by atoms with Crippen LogP contribution in [0.5, 0.6) is 0 Å². The number of hydrogen-bond donors (Lipinski definition) is 0. The smallest absolute Gasteiger partial charge is 0.0194 e. The van der Waals surface area contributed by atoms with Crippen LogP contribution in [-0.2, 0) is 6.42 Å². The fourth-order valence-electron chi connectivity index (χ4n) is 8.10. The van der Waals surface area contributed by atoms with Gasteiger partial charge in [-0.05, 0) is 108 Å². The fraction of sp³-hybridized carbons (Fsp3) is 0.500. The molecule has 0 heteroatoms. The van der Waals surface area contributed by atoms with Gasteiger partial charge in [-0.25, -0.2) is 0 Å². The molecule has 1 aromatic rings. The van der Waals surface area contributed by atoms with Gasteiger partial charge in [0.2, 0.25) is 0 Å². The number of rotatable bonds is 2. The molecule has 0 aliphatic heterocycles. The van der Waals surface area contributed by atoms with E-state index in [-0.39, 0.29) is 16.2 Å². The summed E-state index contributed by atoms with van der Waals surface area (Å²) in [5.74, 6) is 0.523. The zero-order valence-electron chi connectivity index (χ0n) is 22.0. The molecule has 0 spiro atoms. The van der Waals surface area contributed by atoms with E-state index in [2.05, 4.69) is 81.0 Å². The number of allylic oxidation sites excluding steroid dienone is 7. The third-order valence-corrected chi connectivity index (χ3v) is 9.48. The largest absolute Gasteiger partial charge is 0.0955 e. The van der Waals surface area contributed by atoms with Crippen molar-refractivity contribution in [2.24, 2.45) is 16.2 Å². The minimum absolute atomic E-state index is 0.0837. The van der Waals surface area contributed by atoms with E-state index in [1.165, 1.54) is 50.1 Å². The summed E-state index contributed by atoms with van der Waals surface area (Å²) < 4.78 is 0. The predicted octanol–water partition coefficient (Wildman–Crippen LogP) is 9.28. The van der Waals surface area contributed by atoms with Crippen LogP contribution >= 0.6 is 0 Å². The summed E-state index contributed by atoms with van der Waals surface area (Å²) in [5.41, 5.74) is 15.4. The molecule has 0 N–H and O–H groups in total. The first kappa shape index (κ1) is 23.1. The molecule has 0 saturated carbocycles. The van der Waals surface area contributed by atoms with Crippen LogP contribution in [-0.4, -0.2) is 0 Å². The Balaban J connectivity index is 2.03. The molecule has 0 aromatic heterocycles. The van der Waals surface area contributed by atoms with E-state index in [0.717, 1.165) is 24.8 Å². The first-order valence-corrected chi connectivity index (χ1v) is 12.3. The molecular weight excluding hydrogens is 384 g/mol. The van der Waals surface area contributed by atoms with E-state index >= 15 is 0 Å². The summed E-state index contributed by atoms with van der Waals surface area (Å²) in [6.45, 7) is 35.0. The summed E-state index contributed by atoms with van der Waals surface area (Å²) in [6.07, 6.45) is 3.37. The van der Waals surface area contributed by atoms with Gasteiger partial charge in [0.15, 0.2) is 0 Å². The maximum atomic E-state index is 4.77. The Morgan fingerprint density at radius 1 is 1.00 bits per heavy atom. The van der Waals surface area contributed by atoms with Gasteiger partial charge in [-0.15, -0.1) is 0 Å². The van der Waals surface area contributed by atoms with Crippen LogP contribution in [0.25, 0.3) is 5.57 Å². The van der Waals surface area contributed by atoms with Crippen molar-refractivity contribution < 1.29 is 0 Å². The summed E-state index contributed by atoms with van der Waals surface area (Å²) >= 11 is 0. The molecule has 0 saturated heterocycles. The highest BCUT2D eigenvalue weighted by atomic mass is 14.6. The van der Waals surface area contributed by atoms with Crippen molar-refractivity contribution >= 4 is 5.57 Å². The average Bonchev–Trinajstić information content (AvgIpc) is 2.63. The third kappa shape index (κ3) is 2.74. The van der Waals surface area contributed by atoms with Gasteiger partial charge < -0.3 is 0 Å². The van der Waals surface area contributed by atoms with Crippen molar-refractivity contribution in [3.8, 4) is 0 Å². The Bertz CT molecular complexity index is 1150. The molecule has 0 heterocycles. The lowest BCUT2D eigenvalue weighted by atomic mass is 9.41. The molecule has 3 aliphatic rings. The maximum absolute atomic E-state index is 4.77. The first-order chi connectivity index (χ1) is 14.7. The fourth-order valence-corrected chi connectivity index (χ4v) is 8.10. The van der Waals surface area contributed by atoms with Crippen LogP contribution < -0.4 is 0 Å². The van der Waals surface area contributed by atoms with E-state index in [4.69, 9.17) is 13.2 Å². The van der Waals surface area contributed by atoms with Crippen molar-refractivity contribution in [1.82, 2.24) is 0 Å². The molecule has 0 amide bonds. The number of fused-ring (bicyclic) bond motifs is 3. The van der Waals surface area contributed by atoms with Crippen LogP contribution in [0.4, 0.5) is 0 Å². The Hall–Kier alpha value is -2.08. The topological polar surface area (TPSA) is 0 Å². The summed E-state index contributed by atoms with van der Waals surface area (Å²) in [7, 11) is 0. The normalized spacial score (nSPS) is 32.2. The second-order valence-corrected chi connectivity index (χ2v) is 12.1. The Labute approximate surface area is 196 Å². The lowest BCUT2D eigenvalue weighted by Crippen LogP contribution is -2.52. The van der Waals surface area contributed by atoms with Gasteiger partial charge in [-0.1, -0.05) is 83.2 Å².